The molecule has 5 nitrogen and oxygen atoms in total. The van der Waals surface area contributed by atoms with Crippen molar-refractivity contribution < 1.29 is 4.79 Å². The third-order valence-corrected chi connectivity index (χ3v) is 5.63. The third-order valence-electron chi connectivity index (χ3n) is 5.63. The van der Waals surface area contributed by atoms with Gasteiger partial charge in [0.05, 0.1) is 6.04 Å². The van der Waals surface area contributed by atoms with Crippen LogP contribution in [0.1, 0.15) is 39.5 Å². The van der Waals surface area contributed by atoms with Crippen molar-refractivity contribution in [1.29, 1.82) is 0 Å². The van der Waals surface area contributed by atoms with Crippen LogP contribution in [0.15, 0.2) is 35.8 Å². The van der Waals surface area contributed by atoms with Gasteiger partial charge in [-0.2, -0.15) is 0 Å². The van der Waals surface area contributed by atoms with Crippen LogP contribution in [-0.2, 0) is 4.79 Å². The van der Waals surface area contributed by atoms with Crippen LogP contribution in [0.25, 0.3) is 0 Å². The van der Waals surface area contributed by atoms with Crippen molar-refractivity contribution in [3.05, 3.63) is 35.8 Å². The van der Waals surface area contributed by atoms with Gasteiger partial charge in [0, 0.05) is 31.4 Å². The largest absolute Gasteiger partial charge is 0.385 e. The van der Waals surface area contributed by atoms with E-state index in [1.165, 1.54) is 25.7 Å². The van der Waals surface area contributed by atoms with Crippen LogP contribution in [0.4, 0.5) is 0 Å². The molecule has 1 aliphatic carbocycles. The van der Waals surface area contributed by atoms with Crippen LogP contribution in [-0.4, -0.2) is 40.9 Å². The van der Waals surface area contributed by atoms with Crippen LogP contribution in [0, 0.1) is 5.41 Å². The van der Waals surface area contributed by atoms with E-state index in [9.17, 15) is 4.79 Å². The smallest absolute Gasteiger partial charge is 0.254 e. The van der Waals surface area contributed by atoms with Gasteiger partial charge in [0.2, 0.25) is 0 Å². The van der Waals surface area contributed by atoms with E-state index in [1.807, 2.05) is 26.0 Å². The minimum atomic E-state index is -0.0794. The predicted octanol–water partition coefficient (Wildman–Crippen LogP) is 1.68. The molecule has 2 heterocycles. The summed E-state index contributed by atoms with van der Waals surface area (Å²) in [6.45, 7) is 5.87. The summed E-state index contributed by atoms with van der Waals surface area (Å²) in [5.41, 5.74) is 13.8. The van der Waals surface area contributed by atoms with Gasteiger partial charge in [0.25, 0.3) is 5.91 Å². The molecule has 1 amide bonds. The molecule has 0 aromatic rings. The number of carbonyl (C=O) groups is 1. The summed E-state index contributed by atoms with van der Waals surface area (Å²) in [6, 6.07) is -0.101. The van der Waals surface area contributed by atoms with Gasteiger partial charge in [-0.05, 0) is 56.6 Å². The van der Waals surface area contributed by atoms with Crippen molar-refractivity contribution >= 4 is 5.91 Å². The SMILES string of the molecule is CC(N)C1=CC=CN(C(=O)/C=C(\N)N2CCC3(CC2)CC3)C1C. The lowest BCUT2D eigenvalue weighted by Crippen LogP contribution is -2.42. The Hall–Kier alpha value is -1.75. The second-order valence-electron chi connectivity index (χ2n) is 7.27. The van der Waals surface area contributed by atoms with E-state index in [-0.39, 0.29) is 18.0 Å². The molecule has 5 heteroatoms. The molecular formula is C18H28N4O. The number of amides is 1. The minimum absolute atomic E-state index is 0.0346. The summed E-state index contributed by atoms with van der Waals surface area (Å²) in [5, 5.41) is 0. The Bertz CT molecular complexity index is 562. The lowest BCUT2D eigenvalue weighted by Gasteiger charge is -2.34. The summed E-state index contributed by atoms with van der Waals surface area (Å²) >= 11 is 0. The Balaban J connectivity index is 1.63. The summed E-state index contributed by atoms with van der Waals surface area (Å²) in [7, 11) is 0. The maximum absolute atomic E-state index is 12.6. The number of allylic oxidation sites excluding steroid dienone is 2. The van der Waals surface area contributed by atoms with E-state index in [0.29, 0.717) is 11.2 Å². The fourth-order valence-electron chi connectivity index (χ4n) is 3.68. The lowest BCUT2D eigenvalue weighted by atomic mass is 9.94. The maximum Gasteiger partial charge on any atom is 0.254 e. The van der Waals surface area contributed by atoms with Crippen molar-refractivity contribution in [3.8, 4) is 0 Å². The number of likely N-dealkylation sites (tertiary alicyclic amines) is 1. The van der Waals surface area contributed by atoms with E-state index in [1.54, 1.807) is 17.2 Å². The van der Waals surface area contributed by atoms with Crippen LogP contribution in [0.5, 0.6) is 0 Å². The van der Waals surface area contributed by atoms with E-state index < -0.39 is 0 Å². The number of hydrogen-bond donors (Lipinski definition) is 2. The second kappa shape index (κ2) is 6.04. The highest BCUT2D eigenvalue weighted by atomic mass is 16.2. The van der Waals surface area contributed by atoms with Gasteiger partial charge in [-0.25, -0.2) is 0 Å². The van der Waals surface area contributed by atoms with Crippen LogP contribution in [0.2, 0.25) is 0 Å². The van der Waals surface area contributed by atoms with Crippen LogP contribution in [0.3, 0.4) is 0 Å². The first-order chi connectivity index (χ1) is 10.9. The summed E-state index contributed by atoms with van der Waals surface area (Å²) in [6.07, 6.45) is 12.4. The van der Waals surface area contributed by atoms with Gasteiger partial charge in [-0.3, -0.25) is 4.79 Å². The molecule has 2 aliphatic heterocycles. The zero-order valence-electron chi connectivity index (χ0n) is 14.2. The van der Waals surface area contributed by atoms with E-state index >= 15 is 0 Å². The molecule has 3 aliphatic rings. The van der Waals surface area contributed by atoms with Gasteiger partial charge in [-0.15, -0.1) is 0 Å². The topological polar surface area (TPSA) is 75.6 Å². The second-order valence-corrected chi connectivity index (χ2v) is 7.27. The molecule has 0 radical (unpaired) electrons. The quantitative estimate of drug-likeness (QED) is 0.777. The van der Waals surface area contributed by atoms with Crippen molar-refractivity contribution in [2.45, 2.75) is 51.6 Å². The van der Waals surface area contributed by atoms with Gasteiger partial charge in [0.1, 0.15) is 5.82 Å². The number of piperidine rings is 1. The van der Waals surface area contributed by atoms with Crippen molar-refractivity contribution in [2.24, 2.45) is 16.9 Å². The molecule has 3 rings (SSSR count). The predicted molar refractivity (Wildman–Crippen MR) is 91.9 cm³/mol. The van der Waals surface area contributed by atoms with Gasteiger partial charge >= 0.3 is 0 Å². The summed E-state index contributed by atoms with van der Waals surface area (Å²) in [4.78, 5) is 16.4. The van der Waals surface area contributed by atoms with E-state index in [0.717, 1.165) is 18.7 Å². The van der Waals surface area contributed by atoms with Crippen molar-refractivity contribution in [2.75, 3.05) is 13.1 Å². The molecule has 0 aromatic carbocycles. The average molecular weight is 316 g/mol. The van der Waals surface area contributed by atoms with Gasteiger partial charge < -0.3 is 21.3 Å². The molecule has 2 atom stereocenters. The molecule has 1 saturated carbocycles. The van der Waals surface area contributed by atoms with Crippen LogP contribution >= 0.6 is 0 Å². The first kappa shape index (κ1) is 16.1. The maximum atomic E-state index is 12.6. The summed E-state index contributed by atoms with van der Waals surface area (Å²) < 4.78 is 0. The highest BCUT2D eigenvalue weighted by Gasteiger charge is 2.44. The Morgan fingerprint density at radius 3 is 2.57 bits per heavy atom. The molecule has 0 aromatic heterocycles. The molecular weight excluding hydrogens is 288 g/mol. The molecule has 2 unspecified atom stereocenters. The Labute approximate surface area is 138 Å². The minimum Gasteiger partial charge on any atom is -0.385 e. The first-order valence-electron chi connectivity index (χ1n) is 8.60. The highest BCUT2D eigenvalue weighted by molar-refractivity contribution is 5.89. The summed E-state index contributed by atoms with van der Waals surface area (Å²) in [5.74, 6) is 0.507. The zero-order valence-corrected chi connectivity index (χ0v) is 14.2. The molecule has 0 bridgehead atoms. The number of hydrogen-bond acceptors (Lipinski definition) is 4. The van der Waals surface area contributed by atoms with Crippen LogP contribution < -0.4 is 11.5 Å². The van der Waals surface area contributed by atoms with Crippen molar-refractivity contribution in [1.82, 2.24) is 9.80 Å². The average Bonchev–Trinajstić information content (AvgIpc) is 3.26. The molecule has 2 fully saturated rings. The molecule has 4 N–H and O–H groups in total. The standard InChI is InChI=1S/C18H28N4O/c1-13(19)15-4-3-9-22(14(15)2)17(23)12-16(20)21-10-7-18(5-6-18)8-11-21/h3-4,9,12-14H,5-8,10-11,19-20H2,1-2H3/b16-12+. The molecule has 23 heavy (non-hydrogen) atoms. The van der Waals surface area contributed by atoms with E-state index in [4.69, 9.17) is 11.5 Å². The van der Waals surface area contributed by atoms with E-state index in [2.05, 4.69) is 4.90 Å². The fourth-order valence-corrected chi connectivity index (χ4v) is 3.68. The highest BCUT2D eigenvalue weighted by Crippen LogP contribution is 2.53. The molecule has 126 valence electrons. The Morgan fingerprint density at radius 2 is 2.00 bits per heavy atom. The monoisotopic (exact) mass is 316 g/mol. The van der Waals surface area contributed by atoms with Gasteiger partial charge in [-0.1, -0.05) is 6.08 Å². The number of rotatable bonds is 3. The van der Waals surface area contributed by atoms with Gasteiger partial charge in [0.15, 0.2) is 0 Å². The zero-order chi connectivity index (χ0) is 16.6. The number of carbonyl (C=O) groups excluding carboxylic acids is 1. The number of nitrogens with two attached hydrogens (primary N) is 2. The Kier molecular flexibility index (Phi) is 4.23. The molecule has 1 spiro atoms. The third kappa shape index (κ3) is 3.29. The fraction of sp³-hybridized carbons (Fsp3) is 0.611. The Morgan fingerprint density at radius 1 is 1.35 bits per heavy atom. The lowest BCUT2D eigenvalue weighted by molar-refractivity contribution is -0.124. The number of nitrogens with zero attached hydrogens (tertiary/aromatic N) is 2. The first-order valence-corrected chi connectivity index (χ1v) is 8.60. The normalized spacial score (nSPS) is 27.9. The molecule has 1 saturated heterocycles. The van der Waals surface area contributed by atoms with Crippen molar-refractivity contribution in [3.63, 3.8) is 0 Å².